The Bertz CT molecular complexity index is 657. The molecule has 4 rings (SSSR count). The van der Waals surface area contributed by atoms with Gasteiger partial charge in [0.05, 0.1) is 24.3 Å². The van der Waals surface area contributed by atoms with E-state index in [4.69, 9.17) is 0 Å². The van der Waals surface area contributed by atoms with Crippen molar-refractivity contribution in [2.45, 2.75) is 30.0 Å². The first kappa shape index (κ1) is 12.2. The zero-order chi connectivity index (χ0) is 14.4. The second-order valence-corrected chi connectivity index (χ2v) is 7.97. The maximum absolute atomic E-state index is 9.57. The van der Waals surface area contributed by atoms with Crippen LogP contribution in [-0.4, -0.2) is 4.32 Å². The Morgan fingerprint density at radius 3 is 1.80 bits per heavy atom. The van der Waals surface area contributed by atoms with E-state index < -0.39 is 10.8 Å². The van der Waals surface area contributed by atoms with Crippen molar-refractivity contribution in [1.82, 2.24) is 0 Å². The molecule has 0 N–H and O–H groups in total. The van der Waals surface area contributed by atoms with Gasteiger partial charge in [-0.1, -0.05) is 22.4 Å². The van der Waals surface area contributed by atoms with Gasteiger partial charge >= 0.3 is 0 Å². The molecule has 0 radical (unpaired) electrons. The molecule has 0 aliphatic heterocycles. The molecule has 0 aromatic heterocycles. The van der Waals surface area contributed by atoms with Crippen LogP contribution in [0, 0.1) is 79.3 Å². The maximum Gasteiger partial charge on any atom is 0.178 e. The molecule has 98 valence electrons. The summed E-state index contributed by atoms with van der Waals surface area (Å²) in [7, 11) is 0. The Labute approximate surface area is 125 Å². The lowest BCUT2D eigenvalue weighted by Gasteiger charge is -2.52. The highest BCUT2D eigenvalue weighted by atomic mass is 79.9. The largest absolute Gasteiger partial charge is 0.196 e. The quantitative estimate of drug-likeness (QED) is 0.692. The smallest absolute Gasteiger partial charge is 0.178 e. The molecule has 4 fully saturated rings. The predicted octanol–water partition coefficient (Wildman–Crippen LogP) is 2.64. The van der Waals surface area contributed by atoms with Gasteiger partial charge in [-0.05, 0) is 31.1 Å². The van der Waals surface area contributed by atoms with Crippen LogP contribution < -0.4 is 0 Å². The second kappa shape index (κ2) is 3.03. The minimum absolute atomic E-state index is 0.0217. The summed E-state index contributed by atoms with van der Waals surface area (Å²) in [4.78, 5) is 0. The minimum Gasteiger partial charge on any atom is -0.196 e. The molecular weight excluding hydrogens is 316 g/mol. The maximum atomic E-state index is 9.57. The number of nitriles is 4. The molecule has 3 unspecified atom stereocenters. The molecule has 0 spiro atoms. The minimum atomic E-state index is -1.45. The summed E-state index contributed by atoms with van der Waals surface area (Å²) in [5, 5.41) is 37.8. The molecule has 4 aliphatic rings. The summed E-state index contributed by atoms with van der Waals surface area (Å²) >= 11 is 3.84. The Hall–Kier alpha value is -1.56. The SMILES string of the molecule is N#CC1(C#N)CC(C23[C@@H]4CCC[C@H]2C43Br)C1(C#N)C#N. The van der Waals surface area contributed by atoms with Gasteiger partial charge in [0.2, 0.25) is 0 Å². The summed E-state index contributed by atoms with van der Waals surface area (Å²) in [5.74, 6) is 0.949. The van der Waals surface area contributed by atoms with Crippen molar-refractivity contribution < 1.29 is 0 Å². The molecule has 4 saturated carbocycles. The number of hydrogen-bond acceptors (Lipinski definition) is 4. The highest BCUT2D eigenvalue weighted by Gasteiger charge is 3.02. The van der Waals surface area contributed by atoms with E-state index in [0.717, 1.165) is 12.8 Å². The Balaban J connectivity index is 1.79. The molecule has 0 amide bonds. The van der Waals surface area contributed by atoms with Gasteiger partial charge in [-0.3, -0.25) is 0 Å². The molecule has 0 bridgehead atoms. The van der Waals surface area contributed by atoms with Crippen LogP contribution in [0.1, 0.15) is 25.7 Å². The first-order chi connectivity index (χ1) is 9.55. The zero-order valence-corrected chi connectivity index (χ0v) is 12.3. The van der Waals surface area contributed by atoms with Gasteiger partial charge < -0.3 is 0 Å². The first-order valence-corrected chi connectivity index (χ1v) is 7.69. The van der Waals surface area contributed by atoms with Crippen LogP contribution in [0.5, 0.6) is 0 Å². The van der Waals surface area contributed by atoms with Crippen LogP contribution in [0.4, 0.5) is 0 Å². The summed E-state index contributed by atoms with van der Waals surface area (Å²) in [6.07, 6.45) is 3.86. The predicted molar refractivity (Wildman–Crippen MR) is 70.3 cm³/mol. The van der Waals surface area contributed by atoms with Gasteiger partial charge in [0, 0.05) is 15.7 Å². The average molecular weight is 327 g/mol. The van der Waals surface area contributed by atoms with E-state index in [0.29, 0.717) is 18.3 Å². The third-order valence-corrected chi connectivity index (χ3v) is 8.46. The van der Waals surface area contributed by atoms with Crippen molar-refractivity contribution in [3.8, 4) is 24.3 Å². The third-order valence-electron chi connectivity index (χ3n) is 6.67. The summed E-state index contributed by atoms with van der Waals surface area (Å²) < 4.78 is 0.110. The van der Waals surface area contributed by atoms with E-state index in [1.165, 1.54) is 6.42 Å². The van der Waals surface area contributed by atoms with Gasteiger partial charge in [-0.2, -0.15) is 21.0 Å². The number of rotatable bonds is 1. The second-order valence-electron chi connectivity index (χ2n) is 6.65. The van der Waals surface area contributed by atoms with Crippen molar-refractivity contribution in [1.29, 1.82) is 21.0 Å². The van der Waals surface area contributed by atoms with E-state index in [1.807, 2.05) is 12.1 Å². The van der Waals surface area contributed by atoms with E-state index in [9.17, 15) is 21.0 Å². The van der Waals surface area contributed by atoms with Crippen molar-refractivity contribution in [3.05, 3.63) is 0 Å². The van der Waals surface area contributed by atoms with Crippen LogP contribution in [0.2, 0.25) is 0 Å². The number of nitrogens with zero attached hydrogens (tertiary/aromatic N) is 4. The van der Waals surface area contributed by atoms with Crippen molar-refractivity contribution in [3.63, 3.8) is 0 Å². The fourth-order valence-electron chi connectivity index (χ4n) is 5.72. The van der Waals surface area contributed by atoms with Crippen LogP contribution in [0.3, 0.4) is 0 Å². The molecule has 0 saturated heterocycles. The molecule has 0 aromatic rings. The highest BCUT2D eigenvalue weighted by molar-refractivity contribution is 9.10. The van der Waals surface area contributed by atoms with Crippen LogP contribution in [-0.2, 0) is 0 Å². The van der Waals surface area contributed by atoms with E-state index >= 15 is 0 Å². The van der Waals surface area contributed by atoms with Crippen LogP contribution in [0.25, 0.3) is 0 Å². The summed E-state index contributed by atoms with van der Waals surface area (Å²) in [6, 6.07) is 8.05. The Morgan fingerprint density at radius 2 is 1.40 bits per heavy atom. The summed E-state index contributed by atoms with van der Waals surface area (Å²) in [5.41, 5.74) is -2.87. The zero-order valence-electron chi connectivity index (χ0n) is 10.7. The van der Waals surface area contributed by atoms with Crippen LogP contribution in [0.15, 0.2) is 0 Å². The van der Waals surface area contributed by atoms with Gasteiger partial charge in [-0.25, -0.2) is 0 Å². The fraction of sp³-hybridized carbons (Fsp3) is 0.733. The molecular formula is C15H11BrN4. The standard InChI is InChI=1S/C15H11BrN4/c16-15-9-2-1-3-10(15)14(9,15)11-4-12(5-17,6-18)13(11,7-19)8-20/h9-11H,1-4H2/t9-,10+,11?,14?,15?. The first-order valence-electron chi connectivity index (χ1n) is 6.89. The number of fused-ring (bicyclic) bond motifs is 2. The molecule has 0 aromatic carbocycles. The average Bonchev–Trinajstić information content (AvgIpc) is 3.25. The Kier molecular flexibility index (Phi) is 1.85. The van der Waals surface area contributed by atoms with Gasteiger partial charge in [0.15, 0.2) is 10.8 Å². The van der Waals surface area contributed by atoms with Gasteiger partial charge in [0.1, 0.15) is 0 Å². The van der Waals surface area contributed by atoms with Crippen LogP contribution >= 0.6 is 15.9 Å². The number of hydrogen-bond donors (Lipinski definition) is 0. The van der Waals surface area contributed by atoms with Gasteiger partial charge in [-0.15, -0.1) is 0 Å². The molecule has 4 aliphatic carbocycles. The number of alkyl halides is 1. The monoisotopic (exact) mass is 326 g/mol. The summed E-state index contributed by atoms with van der Waals surface area (Å²) in [6.45, 7) is 0. The molecule has 4 nitrogen and oxygen atoms in total. The molecule has 20 heavy (non-hydrogen) atoms. The van der Waals surface area contributed by atoms with Crippen molar-refractivity contribution in [2.75, 3.05) is 0 Å². The van der Waals surface area contributed by atoms with E-state index in [1.54, 1.807) is 0 Å². The lowest BCUT2D eigenvalue weighted by molar-refractivity contribution is -0.0260. The van der Waals surface area contributed by atoms with Gasteiger partial charge in [0.25, 0.3) is 0 Å². The Morgan fingerprint density at radius 1 is 0.850 bits per heavy atom. The van der Waals surface area contributed by atoms with Crippen molar-refractivity contribution >= 4 is 15.9 Å². The molecule has 5 heteroatoms. The molecule has 0 heterocycles. The van der Waals surface area contributed by atoms with E-state index in [-0.39, 0.29) is 15.7 Å². The normalized spacial score (nSPS) is 51.0. The lowest BCUT2D eigenvalue weighted by atomic mass is 9.42. The number of halogens is 1. The topological polar surface area (TPSA) is 95.2 Å². The highest BCUT2D eigenvalue weighted by Crippen LogP contribution is 3.00. The lowest BCUT2D eigenvalue weighted by Crippen LogP contribution is -2.58. The fourth-order valence-corrected chi connectivity index (χ4v) is 7.53. The van der Waals surface area contributed by atoms with E-state index in [2.05, 4.69) is 28.1 Å². The third kappa shape index (κ3) is 0.768. The van der Waals surface area contributed by atoms with Crippen molar-refractivity contribution in [2.24, 2.45) is 34.0 Å². The molecule has 5 atom stereocenters.